The largest absolute Gasteiger partial charge is 0.424 e. The molecule has 0 saturated carbocycles. The Morgan fingerprint density at radius 2 is 2.05 bits per heavy atom. The number of alkyl halides is 3. The van der Waals surface area contributed by atoms with Gasteiger partial charge in [-0.3, -0.25) is 0 Å². The van der Waals surface area contributed by atoms with Crippen molar-refractivity contribution in [2.75, 3.05) is 0 Å². The first-order valence-corrected chi connectivity index (χ1v) is 6.22. The van der Waals surface area contributed by atoms with E-state index < -0.39 is 24.5 Å². The van der Waals surface area contributed by atoms with Crippen molar-refractivity contribution in [3.8, 4) is 11.8 Å². The molecule has 1 heterocycles. The van der Waals surface area contributed by atoms with Gasteiger partial charge in [0.15, 0.2) is 0 Å². The third-order valence-corrected chi connectivity index (χ3v) is 2.67. The van der Waals surface area contributed by atoms with E-state index in [1.54, 1.807) is 0 Å². The topological polar surface area (TPSA) is 39.9 Å². The summed E-state index contributed by atoms with van der Waals surface area (Å²) >= 11 is 8.40. The molecule has 0 unspecified atom stereocenters. The van der Waals surface area contributed by atoms with Crippen molar-refractivity contribution >= 4 is 27.5 Å². The molecule has 0 radical (unpaired) electrons. The van der Waals surface area contributed by atoms with Gasteiger partial charge in [0, 0.05) is 6.07 Å². The zero-order valence-electron chi connectivity index (χ0n) is 9.46. The van der Waals surface area contributed by atoms with Crippen LogP contribution in [0.1, 0.15) is 0 Å². The van der Waals surface area contributed by atoms with Crippen LogP contribution in [0.25, 0.3) is 0 Å². The van der Waals surface area contributed by atoms with Gasteiger partial charge in [0.25, 0.3) is 0 Å². The van der Waals surface area contributed by atoms with E-state index in [0.29, 0.717) is 4.68 Å². The van der Waals surface area contributed by atoms with Crippen molar-refractivity contribution in [1.29, 1.82) is 0 Å². The Morgan fingerprint density at radius 1 is 1.35 bits per heavy atom. The number of benzene rings is 1. The van der Waals surface area contributed by atoms with Gasteiger partial charge in [0.2, 0.25) is 4.73 Å². The van der Waals surface area contributed by atoms with Crippen LogP contribution >= 0.6 is 27.5 Å². The van der Waals surface area contributed by atoms with E-state index in [0.717, 1.165) is 12.1 Å². The maximum atomic E-state index is 13.0. The normalized spacial score (nSPS) is 11.7. The number of halogens is 6. The maximum Gasteiger partial charge on any atom is 0.408 e. The molecule has 0 N–H and O–H groups in total. The molecule has 0 saturated heterocycles. The standard InChI is InChI=1S/C10H5BrClF4N3O/c11-8-17-9(19(18-8)4-10(14,15)16)20-5-1-2-7(13)6(12)3-5/h1-3H,4H2. The lowest BCUT2D eigenvalue weighted by molar-refractivity contribution is -0.143. The highest BCUT2D eigenvalue weighted by atomic mass is 79.9. The molecule has 0 aliphatic rings. The lowest BCUT2D eigenvalue weighted by Crippen LogP contribution is -2.19. The Hall–Kier alpha value is -1.35. The fourth-order valence-electron chi connectivity index (χ4n) is 1.30. The highest BCUT2D eigenvalue weighted by molar-refractivity contribution is 9.10. The molecule has 0 spiro atoms. The highest BCUT2D eigenvalue weighted by Gasteiger charge is 2.31. The third kappa shape index (κ3) is 3.83. The Morgan fingerprint density at radius 3 is 2.65 bits per heavy atom. The van der Waals surface area contributed by atoms with Crippen LogP contribution in [0.4, 0.5) is 17.6 Å². The van der Waals surface area contributed by atoms with Crippen molar-refractivity contribution in [3.63, 3.8) is 0 Å². The number of aromatic nitrogens is 3. The molecule has 1 aromatic heterocycles. The summed E-state index contributed by atoms with van der Waals surface area (Å²) in [5.41, 5.74) is 0. The molecule has 0 amide bonds. The van der Waals surface area contributed by atoms with Crippen LogP contribution in [0.15, 0.2) is 22.9 Å². The molecule has 20 heavy (non-hydrogen) atoms. The predicted octanol–water partition coefficient (Wildman–Crippen LogP) is 4.19. The van der Waals surface area contributed by atoms with E-state index in [-0.39, 0.29) is 15.5 Å². The molecule has 0 fully saturated rings. The summed E-state index contributed by atoms with van der Waals surface area (Å²) < 4.78 is 55.6. The Labute approximate surface area is 123 Å². The van der Waals surface area contributed by atoms with Crippen LogP contribution in [0.3, 0.4) is 0 Å². The van der Waals surface area contributed by atoms with Crippen molar-refractivity contribution in [1.82, 2.24) is 14.8 Å². The minimum Gasteiger partial charge on any atom is -0.424 e. The van der Waals surface area contributed by atoms with Crippen LogP contribution < -0.4 is 4.74 Å². The Balaban J connectivity index is 2.26. The third-order valence-electron chi connectivity index (χ3n) is 2.04. The van der Waals surface area contributed by atoms with E-state index in [4.69, 9.17) is 16.3 Å². The number of rotatable bonds is 3. The predicted molar refractivity (Wildman–Crippen MR) is 65.3 cm³/mol. The molecule has 2 aromatic rings. The molecule has 0 aliphatic heterocycles. The van der Waals surface area contributed by atoms with Crippen molar-refractivity contribution < 1.29 is 22.3 Å². The second-order valence-electron chi connectivity index (χ2n) is 3.61. The highest BCUT2D eigenvalue weighted by Crippen LogP contribution is 2.27. The van der Waals surface area contributed by atoms with E-state index in [1.165, 1.54) is 6.07 Å². The van der Waals surface area contributed by atoms with E-state index in [2.05, 4.69) is 26.0 Å². The van der Waals surface area contributed by atoms with Gasteiger partial charge in [-0.05, 0) is 28.1 Å². The van der Waals surface area contributed by atoms with Crippen LogP contribution in [0.5, 0.6) is 11.8 Å². The number of hydrogen-bond acceptors (Lipinski definition) is 3. The first kappa shape index (κ1) is 15.0. The lowest BCUT2D eigenvalue weighted by Gasteiger charge is -2.09. The van der Waals surface area contributed by atoms with Gasteiger partial charge in [-0.25, -0.2) is 9.07 Å². The quantitative estimate of drug-likeness (QED) is 0.757. The molecule has 1 aromatic carbocycles. The molecule has 108 valence electrons. The van der Waals surface area contributed by atoms with Crippen LogP contribution in [0.2, 0.25) is 5.02 Å². The minimum atomic E-state index is -4.48. The molecular formula is C10H5BrClF4N3O. The fourth-order valence-corrected chi connectivity index (χ4v) is 1.81. The van der Waals surface area contributed by atoms with Crippen molar-refractivity contribution in [2.45, 2.75) is 12.7 Å². The Kier molecular flexibility index (Phi) is 4.19. The average molecular weight is 375 g/mol. The smallest absolute Gasteiger partial charge is 0.408 e. The molecule has 2 rings (SSSR count). The van der Waals surface area contributed by atoms with Gasteiger partial charge < -0.3 is 4.74 Å². The molecule has 0 aliphatic carbocycles. The molecule has 4 nitrogen and oxygen atoms in total. The summed E-state index contributed by atoms with van der Waals surface area (Å²) in [4.78, 5) is 3.65. The van der Waals surface area contributed by atoms with Gasteiger partial charge in [-0.15, -0.1) is 5.10 Å². The first-order chi connectivity index (χ1) is 9.24. The van der Waals surface area contributed by atoms with Gasteiger partial charge >= 0.3 is 12.2 Å². The second kappa shape index (κ2) is 5.57. The van der Waals surface area contributed by atoms with E-state index >= 15 is 0 Å². The van der Waals surface area contributed by atoms with Gasteiger partial charge in [0.1, 0.15) is 18.1 Å². The second-order valence-corrected chi connectivity index (χ2v) is 4.73. The van der Waals surface area contributed by atoms with Gasteiger partial charge in [0.05, 0.1) is 5.02 Å². The van der Waals surface area contributed by atoms with Crippen molar-refractivity contribution in [3.05, 3.63) is 33.8 Å². The van der Waals surface area contributed by atoms with Gasteiger partial charge in [-0.1, -0.05) is 11.6 Å². The Bertz CT molecular complexity index is 631. The van der Waals surface area contributed by atoms with Gasteiger partial charge in [-0.2, -0.15) is 18.2 Å². The summed E-state index contributed by atoms with van der Waals surface area (Å²) in [5.74, 6) is -0.628. The molecule has 0 atom stereocenters. The number of hydrogen-bond donors (Lipinski definition) is 0. The average Bonchev–Trinajstić information content (AvgIpc) is 2.62. The monoisotopic (exact) mass is 373 g/mol. The van der Waals surface area contributed by atoms with E-state index in [9.17, 15) is 17.6 Å². The lowest BCUT2D eigenvalue weighted by atomic mass is 10.3. The van der Waals surface area contributed by atoms with E-state index in [1.807, 2.05) is 0 Å². The first-order valence-electron chi connectivity index (χ1n) is 5.04. The molecule has 10 heteroatoms. The fraction of sp³-hybridized carbons (Fsp3) is 0.200. The van der Waals surface area contributed by atoms with Crippen LogP contribution in [-0.2, 0) is 6.54 Å². The summed E-state index contributed by atoms with van der Waals surface area (Å²) in [6, 6.07) is 2.97. The molecule has 0 bridgehead atoms. The minimum absolute atomic E-state index is 0.0414. The maximum absolute atomic E-state index is 13.0. The summed E-state index contributed by atoms with van der Waals surface area (Å²) in [6.07, 6.45) is -4.48. The summed E-state index contributed by atoms with van der Waals surface area (Å²) in [6.45, 7) is -1.37. The summed E-state index contributed by atoms with van der Waals surface area (Å²) in [7, 11) is 0. The molecular weight excluding hydrogens is 369 g/mol. The number of ether oxygens (including phenoxy) is 1. The van der Waals surface area contributed by atoms with Crippen LogP contribution in [0, 0.1) is 5.82 Å². The SMILES string of the molecule is Fc1ccc(Oc2nc(Br)nn2CC(F)(F)F)cc1Cl. The van der Waals surface area contributed by atoms with Crippen LogP contribution in [-0.4, -0.2) is 20.9 Å². The summed E-state index contributed by atoms with van der Waals surface area (Å²) in [5, 5.41) is 3.28. The zero-order valence-corrected chi connectivity index (χ0v) is 11.8. The van der Waals surface area contributed by atoms with Crippen molar-refractivity contribution in [2.24, 2.45) is 0 Å². The zero-order chi connectivity index (χ0) is 14.9. The number of nitrogens with zero attached hydrogens (tertiary/aromatic N) is 3.